The molecule has 28 nitrogen and oxygen atoms in total. The van der Waals surface area contributed by atoms with E-state index in [1.807, 2.05) is 130 Å². The van der Waals surface area contributed by atoms with Gasteiger partial charge in [0.2, 0.25) is 23.6 Å². The van der Waals surface area contributed by atoms with E-state index in [0.29, 0.717) is 153 Å². The molecule has 0 aliphatic carbocycles. The molecule has 12 heterocycles. The first-order valence-corrected chi connectivity index (χ1v) is 41.6. The molecule has 0 spiro atoms. The summed E-state index contributed by atoms with van der Waals surface area (Å²) in [4.78, 5) is 118. The zero-order valence-electron chi connectivity index (χ0n) is 69.4. The van der Waals surface area contributed by atoms with Gasteiger partial charge in [-0.3, -0.25) is 19.2 Å². The molecule has 12 aromatic heterocycles. The summed E-state index contributed by atoms with van der Waals surface area (Å²) in [5, 5.41) is 30.7. The van der Waals surface area contributed by atoms with Crippen molar-refractivity contribution in [3.05, 3.63) is 191 Å². The second kappa shape index (κ2) is 38.5. The van der Waals surface area contributed by atoms with Crippen molar-refractivity contribution in [2.45, 2.75) is 123 Å². The summed E-state index contributed by atoms with van der Waals surface area (Å²) in [6.07, 6.45) is 7.79. The first kappa shape index (κ1) is 90.5. The molecule has 0 saturated heterocycles. The molecule has 664 valence electrons. The van der Waals surface area contributed by atoms with Crippen LogP contribution < -0.4 is 42.5 Å². The largest absolute Gasteiger partial charge is 0.405 e. The fraction of sp³-hybridized carbons (Fsp3) is 0.273. The highest BCUT2D eigenvalue weighted by molar-refractivity contribution is 6.32. The summed E-state index contributed by atoms with van der Waals surface area (Å²) < 4.78 is 75.7. The third kappa shape index (κ3) is 20.3. The Balaban J connectivity index is 0.000000237. The predicted octanol–water partition coefficient (Wildman–Crippen LogP) is 20.4. The molecule has 0 unspecified atom stereocenters. The maximum atomic E-state index is 12.7. The summed E-state index contributed by atoms with van der Waals surface area (Å²) in [6.45, 7) is 13.9. The zero-order chi connectivity index (χ0) is 90.0. The number of nitrogens with zero attached hydrogens (tertiary/aromatic N) is 12. The minimum absolute atomic E-state index is 0. The topological polar surface area (TPSA) is 382 Å². The minimum atomic E-state index is -4.51. The smallest absolute Gasteiger partial charge is 0.356 e. The van der Waals surface area contributed by atoms with Gasteiger partial charge in [0.05, 0.1) is 48.7 Å². The molecule has 0 aliphatic rings. The summed E-state index contributed by atoms with van der Waals surface area (Å²) >= 11 is 24.5. The van der Waals surface area contributed by atoms with Crippen LogP contribution in [0.2, 0.25) is 20.1 Å². The molecular formula is C88H98Cl4F6N24O4. The number of aromatic amines is 4. The van der Waals surface area contributed by atoms with Crippen LogP contribution in [0.4, 0.5) is 49.6 Å². The maximum Gasteiger partial charge on any atom is 0.405 e. The van der Waals surface area contributed by atoms with Crippen LogP contribution in [0.15, 0.2) is 171 Å². The lowest BCUT2D eigenvalue weighted by atomic mass is 9.97. The molecule has 0 fully saturated rings. The van der Waals surface area contributed by atoms with Gasteiger partial charge in [-0.25, -0.2) is 73.0 Å². The fourth-order valence-corrected chi connectivity index (χ4v) is 14.2. The number of pyridine rings is 4. The highest BCUT2D eigenvalue weighted by Gasteiger charge is 2.39. The first-order chi connectivity index (χ1) is 60.3. The predicted molar refractivity (Wildman–Crippen MR) is 496 cm³/mol. The highest BCUT2D eigenvalue weighted by Crippen LogP contribution is 2.39. The maximum absolute atomic E-state index is 12.7. The number of alkyl halides is 6. The Morgan fingerprint density at radius 2 is 0.643 bits per heavy atom. The number of hydrogen-bond donors (Lipinski definition) is 12. The van der Waals surface area contributed by atoms with Crippen LogP contribution in [-0.2, 0) is 19.2 Å². The molecule has 0 radical (unpaired) electrons. The van der Waals surface area contributed by atoms with Crippen LogP contribution in [0, 0.1) is 0 Å². The quantitative estimate of drug-likeness (QED) is 0.0224. The highest BCUT2D eigenvalue weighted by atomic mass is 35.5. The van der Waals surface area contributed by atoms with E-state index in [1.54, 1.807) is 95.2 Å². The standard InChI is InChI=1S/C22H20ClF3N6O.C22H21ClF2N6O.C22H22ClFN6O.C22H23ClN6O.6H2/c1-3-21(2,20(33)29-11-22(24,25)26)32-19-13-6-4-5-7-16(13)30-18(31-19)15-10-28-17-14(15)8-12(23)9-27-17;1-3-22(2,21(32)28-11-17(24)25)31-20-13-6-4-5-7-16(13)29-19(30-20)15-10-27-18-14(15)8-12(23)9-26-18;1-3-22(2,21(31)25-9-8-24)30-20-14-6-4-5-7-17(14)28-19(29-20)16-12-27-18-15(16)10-13(23)11-26-18;1-4-22(3,21(30)24-5-2)29-20-14-8-6-7-9-17(14)27-19(28-20)16-12-26-18-15(16)10-13(23)11-25-18;;;;;;/h4-10H,3,11H2,1-2H3,(H,27,28)(H,29,33)(H,30,31,32);4-10,17H,3,11H2,1-2H3,(H,26,27)(H,28,32)(H,29,30,31);4-7,10-12H,3,8-9H2,1-2H3,(H,25,31)(H,26,27)(H,28,29,30);6-12H,4-5H2,1-3H3,(H,24,30)(H,25,26)(H,27,28,29);6*1H/t21-;3*22-;;;;;;/m1111....../s1. The van der Waals surface area contributed by atoms with Crippen LogP contribution >= 0.6 is 46.4 Å². The first-order valence-electron chi connectivity index (χ1n) is 40.1. The van der Waals surface area contributed by atoms with Gasteiger partial charge in [-0.15, -0.1) is 0 Å². The molecule has 16 rings (SSSR count). The molecule has 4 atom stereocenters. The monoisotopic (exact) mass is 1810 g/mol. The van der Waals surface area contributed by atoms with Crippen molar-refractivity contribution < 1.29 is 54.1 Å². The van der Waals surface area contributed by atoms with Crippen LogP contribution in [0.5, 0.6) is 0 Å². The fourth-order valence-electron chi connectivity index (χ4n) is 13.5. The molecule has 0 saturated carbocycles. The lowest BCUT2D eigenvalue weighted by Crippen LogP contribution is -2.52. The van der Waals surface area contributed by atoms with Crippen LogP contribution in [0.25, 0.3) is 133 Å². The van der Waals surface area contributed by atoms with Gasteiger partial charge in [-0.05, 0) is 133 Å². The number of rotatable bonds is 26. The summed E-state index contributed by atoms with van der Waals surface area (Å²) in [7, 11) is 0. The number of hydrogen-bond acceptors (Lipinski definition) is 20. The average molecular weight is 1810 g/mol. The number of H-pyrrole nitrogens is 4. The lowest BCUT2D eigenvalue weighted by Gasteiger charge is -2.29. The number of nitrogens with one attached hydrogen (secondary N) is 12. The van der Waals surface area contributed by atoms with Gasteiger partial charge >= 0.3 is 6.18 Å². The minimum Gasteiger partial charge on any atom is -0.356 e. The Morgan fingerprint density at radius 3 is 0.897 bits per heavy atom. The molecule has 12 N–H and O–H groups in total. The third-order valence-corrected chi connectivity index (χ3v) is 22.2. The molecule has 38 heteroatoms. The number of carbonyl (C=O) groups is 4. The van der Waals surface area contributed by atoms with Gasteiger partial charge in [0, 0.05) is 137 Å². The van der Waals surface area contributed by atoms with Crippen LogP contribution in [0.1, 0.15) is 96.6 Å². The lowest BCUT2D eigenvalue weighted by molar-refractivity contribution is -0.140. The number of para-hydroxylation sites is 4. The van der Waals surface area contributed by atoms with E-state index in [2.05, 4.69) is 92.0 Å². The Kier molecular flexibility index (Phi) is 27.7. The summed E-state index contributed by atoms with van der Waals surface area (Å²) in [5.74, 6) is 1.95. The van der Waals surface area contributed by atoms with Gasteiger partial charge in [-0.1, -0.05) is 123 Å². The van der Waals surface area contributed by atoms with Gasteiger partial charge in [0.1, 0.15) is 81.2 Å². The van der Waals surface area contributed by atoms with Crippen LogP contribution in [0.3, 0.4) is 0 Å². The number of likely N-dealkylation sites (N-methyl/N-ethyl adjacent to an activating group) is 1. The number of fused-ring (bicyclic) bond motifs is 8. The van der Waals surface area contributed by atoms with Crippen molar-refractivity contribution in [2.75, 3.05) is 54.1 Å². The Labute approximate surface area is 745 Å². The summed E-state index contributed by atoms with van der Waals surface area (Å²) in [5.41, 5.74) is 4.00. The van der Waals surface area contributed by atoms with Gasteiger partial charge in [-0.2, -0.15) is 13.2 Å². The normalized spacial score (nSPS) is 13.5. The van der Waals surface area contributed by atoms with Crippen molar-refractivity contribution in [1.82, 2.24) is 101 Å². The SMILES string of the molecule is CCNC(=O)[C@@](C)(CC)Nc1nc(-c2c[nH]c3ncc(Cl)cc23)nc2ccccc12.CC[C@@](C)(Nc1nc(-c2c[nH]c3ncc(Cl)cc23)nc2ccccc12)C(=O)NCC(F)(F)F.CC[C@@](C)(Nc1nc(-c2c[nH]c3ncc(Cl)cc23)nc2ccccc12)C(=O)NCC(F)F.CC[C@@](C)(Nc1nc(-c2c[nH]c3ncc(Cl)cc23)nc2ccccc12)C(=O)NCCF.[HH].[HH].[HH].[HH].[HH].[HH]. The van der Waals surface area contributed by atoms with E-state index in [0.717, 1.165) is 49.1 Å². The van der Waals surface area contributed by atoms with E-state index >= 15 is 0 Å². The number of carbonyl (C=O) groups excluding carboxylic acids is 4. The van der Waals surface area contributed by atoms with Gasteiger partial charge in [0.15, 0.2) is 23.3 Å². The van der Waals surface area contributed by atoms with E-state index in [-0.39, 0.29) is 33.3 Å². The second-order valence-electron chi connectivity index (χ2n) is 30.1. The average Bonchev–Trinajstić information content (AvgIpc) is 1.55. The Bertz CT molecular complexity index is 6750. The molecule has 0 bridgehead atoms. The second-order valence-corrected chi connectivity index (χ2v) is 31.9. The number of anilines is 4. The molecule has 16 aromatic rings. The zero-order valence-corrected chi connectivity index (χ0v) is 72.4. The van der Waals surface area contributed by atoms with Crippen molar-refractivity contribution >= 4 is 181 Å². The number of aromatic nitrogens is 16. The van der Waals surface area contributed by atoms with E-state index < -0.39 is 66.3 Å². The van der Waals surface area contributed by atoms with Crippen molar-refractivity contribution in [3.8, 4) is 45.6 Å². The van der Waals surface area contributed by atoms with E-state index in [9.17, 15) is 45.5 Å². The Hall–Kier alpha value is -13.2. The van der Waals surface area contributed by atoms with Gasteiger partial charge < -0.3 is 62.5 Å². The summed E-state index contributed by atoms with van der Waals surface area (Å²) in [6, 6.07) is 37.0. The number of amides is 4. The number of benzene rings is 4. The third-order valence-electron chi connectivity index (χ3n) is 21.4. The van der Waals surface area contributed by atoms with E-state index in [4.69, 9.17) is 71.3 Å². The van der Waals surface area contributed by atoms with Crippen LogP contribution in [-0.4, -0.2) is 171 Å². The molecular weight excluding hydrogens is 1710 g/mol. The van der Waals surface area contributed by atoms with Crippen molar-refractivity contribution in [1.29, 1.82) is 0 Å². The Morgan fingerprint density at radius 1 is 0.381 bits per heavy atom. The number of halogens is 10. The van der Waals surface area contributed by atoms with Crippen molar-refractivity contribution in [3.63, 3.8) is 0 Å². The van der Waals surface area contributed by atoms with Crippen molar-refractivity contribution in [2.24, 2.45) is 0 Å². The molecule has 126 heavy (non-hydrogen) atoms. The molecule has 0 aliphatic heterocycles. The van der Waals surface area contributed by atoms with Gasteiger partial charge in [0.25, 0.3) is 6.43 Å². The molecule has 4 amide bonds. The van der Waals surface area contributed by atoms with E-state index in [1.165, 1.54) is 13.1 Å². The molecule has 4 aromatic carbocycles.